The molecule has 1 aromatic rings. The first kappa shape index (κ1) is 22.0. The van der Waals surface area contributed by atoms with Gasteiger partial charge in [0.15, 0.2) is 0 Å². The van der Waals surface area contributed by atoms with E-state index in [1.54, 1.807) is 0 Å². The molecule has 0 aliphatic heterocycles. The third kappa shape index (κ3) is 9.27. The maximum absolute atomic E-state index is 6.03. The Morgan fingerprint density at radius 1 is 0.826 bits per heavy atom. The van der Waals surface area contributed by atoms with Crippen molar-refractivity contribution in [3.8, 4) is 5.75 Å². The van der Waals surface area contributed by atoms with E-state index < -0.39 is 0 Å². The van der Waals surface area contributed by atoms with E-state index in [0.29, 0.717) is 0 Å². The minimum atomic E-state index is 0.113. The Morgan fingerprint density at radius 2 is 1.43 bits per heavy atom. The van der Waals surface area contributed by atoms with Crippen molar-refractivity contribution in [3.05, 3.63) is 29.3 Å². The molecule has 0 saturated heterocycles. The Bertz CT molecular complexity index is 435. The SMILES string of the molecule is CCCCCCCCCCOc1cc(C(Br)Br)ccc1C(Br)Br. The standard InChI is InChI=1S/C18H26Br4O/c1-2-3-4-5-6-7-8-9-12-23-16-13-14(17(19)20)10-11-15(16)18(21)22/h10-11,13,17-18H,2-9,12H2,1H3. The first-order valence-corrected chi connectivity index (χ1v) is 12.1. The number of alkyl halides is 4. The fourth-order valence-electron chi connectivity index (χ4n) is 2.41. The molecule has 0 N–H and O–H groups in total. The monoisotopic (exact) mass is 574 g/mol. The van der Waals surface area contributed by atoms with Crippen LogP contribution in [-0.4, -0.2) is 6.61 Å². The largest absolute Gasteiger partial charge is 0.493 e. The van der Waals surface area contributed by atoms with Crippen molar-refractivity contribution < 1.29 is 4.74 Å². The van der Waals surface area contributed by atoms with Gasteiger partial charge in [0, 0.05) is 5.56 Å². The second kappa shape index (κ2) is 13.2. The molecule has 1 rings (SSSR count). The van der Waals surface area contributed by atoms with Crippen molar-refractivity contribution >= 4 is 63.7 Å². The Morgan fingerprint density at radius 3 is 2.00 bits per heavy atom. The average molecular weight is 578 g/mol. The molecule has 1 aromatic carbocycles. The van der Waals surface area contributed by atoms with Gasteiger partial charge in [-0.15, -0.1) is 0 Å². The average Bonchev–Trinajstić information content (AvgIpc) is 2.52. The molecule has 0 aliphatic carbocycles. The molecule has 0 radical (unpaired) electrons. The van der Waals surface area contributed by atoms with E-state index in [4.69, 9.17) is 4.74 Å². The molecule has 0 heterocycles. The van der Waals surface area contributed by atoms with E-state index in [-0.39, 0.29) is 7.47 Å². The number of unbranched alkanes of at least 4 members (excludes halogenated alkanes) is 7. The smallest absolute Gasteiger partial charge is 0.124 e. The first-order valence-electron chi connectivity index (χ1n) is 8.39. The van der Waals surface area contributed by atoms with Gasteiger partial charge in [-0.05, 0) is 18.1 Å². The predicted molar refractivity (Wildman–Crippen MR) is 116 cm³/mol. The zero-order chi connectivity index (χ0) is 17.1. The lowest BCUT2D eigenvalue weighted by Gasteiger charge is -2.15. The van der Waals surface area contributed by atoms with Crippen LogP contribution in [0.4, 0.5) is 0 Å². The molecular weight excluding hydrogens is 552 g/mol. The predicted octanol–water partition coefficient (Wildman–Crippen LogP) is 8.78. The van der Waals surface area contributed by atoms with E-state index in [0.717, 1.165) is 24.3 Å². The molecule has 5 heteroatoms. The van der Waals surface area contributed by atoms with Crippen LogP contribution >= 0.6 is 63.7 Å². The normalized spacial score (nSPS) is 11.4. The number of benzene rings is 1. The highest BCUT2D eigenvalue weighted by Crippen LogP contribution is 2.39. The highest BCUT2D eigenvalue weighted by Gasteiger charge is 2.13. The van der Waals surface area contributed by atoms with Gasteiger partial charge < -0.3 is 4.74 Å². The van der Waals surface area contributed by atoms with Crippen molar-refractivity contribution in [1.82, 2.24) is 0 Å². The lowest BCUT2D eigenvalue weighted by Crippen LogP contribution is -2.01. The van der Waals surface area contributed by atoms with Crippen LogP contribution in [0.15, 0.2) is 18.2 Å². The minimum absolute atomic E-state index is 0.113. The van der Waals surface area contributed by atoms with Gasteiger partial charge in [-0.1, -0.05) is 128 Å². The summed E-state index contributed by atoms with van der Waals surface area (Å²) in [5, 5.41) is 0. The number of hydrogen-bond donors (Lipinski definition) is 0. The van der Waals surface area contributed by atoms with Crippen molar-refractivity contribution in [1.29, 1.82) is 0 Å². The van der Waals surface area contributed by atoms with Crippen LogP contribution in [0.5, 0.6) is 5.75 Å². The summed E-state index contributed by atoms with van der Waals surface area (Å²) < 4.78 is 6.30. The molecule has 0 aromatic heterocycles. The highest BCUT2D eigenvalue weighted by molar-refractivity contribution is 9.24. The molecule has 0 bridgehead atoms. The quantitative estimate of drug-likeness (QED) is 0.178. The van der Waals surface area contributed by atoms with Crippen molar-refractivity contribution in [2.45, 2.75) is 65.8 Å². The Hall–Kier alpha value is 0.940. The summed E-state index contributed by atoms with van der Waals surface area (Å²) in [6.45, 7) is 3.05. The summed E-state index contributed by atoms with van der Waals surface area (Å²) in [7, 11) is 0. The minimum Gasteiger partial charge on any atom is -0.493 e. The van der Waals surface area contributed by atoms with Crippen molar-refractivity contribution in [3.63, 3.8) is 0 Å². The van der Waals surface area contributed by atoms with Gasteiger partial charge in [0.2, 0.25) is 0 Å². The Labute approximate surface area is 174 Å². The van der Waals surface area contributed by atoms with Crippen LogP contribution in [0.1, 0.15) is 76.9 Å². The number of hydrogen-bond acceptors (Lipinski definition) is 1. The van der Waals surface area contributed by atoms with Crippen LogP contribution in [0.3, 0.4) is 0 Å². The lowest BCUT2D eigenvalue weighted by molar-refractivity contribution is 0.302. The van der Waals surface area contributed by atoms with Crippen LogP contribution in [0.25, 0.3) is 0 Å². The van der Waals surface area contributed by atoms with E-state index in [1.165, 1.54) is 50.5 Å². The van der Waals surface area contributed by atoms with Crippen molar-refractivity contribution in [2.75, 3.05) is 6.61 Å². The molecule has 23 heavy (non-hydrogen) atoms. The van der Waals surface area contributed by atoms with Gasteiger partial charge in [0.25, 0.3) is 0 Å². The summed E-state index contributed by atoms with van der Waals surface area (Å²) in [4.78, 5) is 0. The molecule has 0 fully saturated rings. The molecule has 1 nitrogen and oxygen atoms in total. The topological polar surface area (TPSA) is 9.23 Å². The molecule has 0 spiro atoms. The maximum Gasteiger partial charge on any atom is 0.124 e. The molecule has 0 saturated carbocycles. The van der Waals surface area contributed by atoms with E-state index in [2.05, 4.69) is 88.8 Å². The van der Waals surface area contributed by atoms with Gasteiger partial charge >= 0.3 is 0 Å². The van der Waals surface area contributed by atoms with Gasteiger partial charge in [0.05, 0.1) is 14.1 Å². The second-order valence-electron chi connectivity index (χ2n) is 5.72. The molecule has 132 valence electrons. The van der Waals surface area contributed by atoms with Gasteiger partial charge in [-0.3, -0.25) is 0 Å². The Kier molecular flexibility index (Phi) is 12.6. The molecular formula is C18H26Br4O. The first-order chi connectivity index (χ1) is 11.1. The van der Waals surface area contributed by atoms with Crippen LogP contribution in [0.2, 0.25) is 0 Å². The molecule has 0 unspecified atom stereocenters. The fourth-order valence-corrected chi connectivity index (χ4v) is 3.74. The Balaban J connectivity index is 2.34. The van der Waals surface area contributed by atoms with Crippen molar-refractivity contribution in [2.24, 2.45) is 0 Å². The van der Waals surface area contributed by atoms with Crippen LogP contribution < -0.4 is 4.74 Å². The zero-order valence-corrected chi connectivity index (χ0v) is 20.0. The third-order valence-corrected chi connectivity index (χ3v) is 5.82. The summed E-state index contributed by atoms with van der Waals surface area (Å²) in [5.74, 6) is 0.952. The number of halogens is 4. The van der Waals surface area contributed by atoms with Crippen LogP contribution in [0, 0.1) is 0 Å². The molecule has 0 aliphatic rings. The number of ether oxygens (including phenoxy) is 1. The summed E-state index contributed by atoms with van der Waals surface area (Å²) in [6, 6.07) is 6.30. The van der Waals surface area contributed by atoms with Gasteiger partial charge in [-0.25, -0.2) is 0 Å². The molecule has 0 atom stereocenters. The lowest BCUT2D eigenvalue weighted by atomic mass is 10.1. The highest BCUT2D eigenvalue weighted by atomic mass is 79.9. The molecule has 0 amide bonds. The van der Waals surface area contributed by atoms with E-state index >= 15 is 0 Å². The third-order valence-electron chi connectivity index (χ3n) is 3.78. The second-order valence-corrected chi connectivity index (χ2v) is 11.8. The maximum atomic E-state index is 6.03. The zero-order valence-electron chi connectivity index (χ0n) is 13.7. The summed E-state index contributed by atoms with van der Waals surface area (Å²) in [5.41, 5.74) is 2.30. The number of rotatable bonds is 12. The van der Waals surface area contributed by atoms with Crippen LogP contribution in [-0.2, 0) is 0 Å². The van der Waals surface area contributed by atoms with E-state index in [1.807, 2.05) is 0 Å². The van der Waals surface area contributed by atoms with Gasteiger partial charge in [-0.2, -0.15) is 0 Å². The van der Waals surface area contributed by atoms with E-state index in [9.17, 15) is 0 Å². The van der Waals surface area contributed by atoms with Gasteiger partial charge in [0.1, 0.15) is 5.75 Å². The summed E-state index contributed by atoms with van der Waals surface area (Å²) >= 11 is 14.2. The fraction of sp³-hybridized carbons (Fsp3) is 0.667. The summed E-state index contributed by atoms with van der Waals surface area (Å²) in [6.07, 6.45) is 10.5.